The lowest BCUT2D eigenvalue weighted by Gasteiger charge is -2.14. The Balaban J connectivity index is 2.04. The number of hydrogen-bond donors (Lipinski definition) is 3. The zero-order valence-electron chi connectivity index (χ0n) is 9.90. The van der Waals surface area contributed by atoms with E-state index >= 15 is 0 Å². The molecule has 0 aliphatic heterocycles. The Morgan fingerprint density at radius 1 is 1.44 bits per heavy atom. The van der Waals surface area contributed by atoms with E-state index in [1.807, 2.05) is 0 Å². The van der Waals surface area contributed by atoms with E-state index in [4.69, 9.17) is 5.11 Å². The molecular formula is C13H16BrNO3. The molecule has 5 heteroatoms. The van der Waals surface area contributed by atoms with Crippen molar-refractivity contribution in [3.05, 3.63) is 28.2 Å². The van der Waals surface area contributed by atoms with Gasteiger partial charge in [0.15, 0.2) is 0 Å². The number of rotatable bonds is 4. The van der Waals surface area contributed by atoms with Gasteiger partial charge in [-0.3, -0.25) is 0 Å². The van der Waals surface area contributed by atoms with Crippen molar-refractivity contribution in [3.63, 3.8) is 0 Å². The van der Waals surface area contributed by atoms with Crippen molar-refractivity contribution in [1.82, 2.24) is 0 Å². The van der Waals surface area contributed by atoms with Crippen LogP contribution in [-0.4, -0.2) is 28.8 Å². The molecule has 2 atom stereocenters. The number of carboxylic acid groups (broad SMARTS) is 1. The highest BCUT2D eigenvalue weighted by atomic mass is 79.9. The van der Waals surface area contributed by atoms with Crippen LogP contribution in [0.1, 0.15) is 29.6 Å². The Kier molecular flexibility index (Phi) is 4.24. The van der Waals surface area contributed by atoms with Gasteiger partial charge in [-0.05, 0) is 43.4 Å². The zero-order chi connectivity index (χ0) is 13.1. The summed E-state index contributed by atoms with van der Waals surface area (Å²) < 4.78 is 0.849. The number of aromatic carboxylic acids is 1. The van der Waals surface area contributed by atoms with Gasteiger partial charge in [-0.2, -0.15) is 0 Å². The summed E-state index contributed by atoms with van der Waals surface area (Å²) in [5, 5.41) is 21.7. The summed E-state index contributed by atoms with van der Waals surface area (Å²) >= 11 is 3.34. The minimum Gasteiger partial charge on any atom is -0.478 e. The maximum atomic E-state index is 11.1. The van der Waals surface area contributed by atoms with E-state index in [9.17, 15) is 9.90 Å². The molecule has 2 rings (SSSR count). The number of aliphatic hydroxyl groups is 1. The molecule has 1 aliphatic carbocycles. The Hall–Kier alpha value is -1.07. The zero-order valence-corrected chi connectivity index (χ0v) is 11.5. The standard InChI is InChI=1S/C13H16BrNO3/c14-9-2-4-11(13(17)18)12(6-9)15-7-8-1-3-10(16)5-8/h2,4,6,8,10,15-16H,1,3,5,7H2,(H,17,18). The van der Waals surface area contributed by atoms with Crippen LogP contribution in [-0.2, 0) is 0 Å². The lowest BCUT2D eigenvalue weighted by atomic mass is 10.1. The van der Waals surface area contributed by atoms with Crippen LogP contribution in [0.15, 0.2) is 22.7 Å². The predicted molar refractivity (Wildman–Crippen MR) is 72.9 cm³/mol. The molecule has 18 heavy (non-hydrogen) atoms. The molecule has 0 saturated heterocycles. The van der Waals surface area contributed by atoms with Gasteiger partial charge in [0.1, 0.15) is 0 Å². The highest BCUT2D eigenvalue weighted by Gasteiger charge is 2.22. The molecule has 1 aromatic rings. The average Bonchev–Trinajstić information content (AvgIpc) is 2.72. The summed E-state index contributed by atoms with van der Waals surface area (Å²) in [6.07, 6.45) is 2.43. The molecular weight excluding hydrogens is 298 g/mol. The second kappa shape index (κ2) is 5.71. The Morgan fingerprint density at radius 3 is 2.83 bits per heavy atom. The molecule has 0 bridgehead atoms. The lowest BCUT2D eigenvalue weighted by Crippen LogP contribution is -2.14. The number of carbonyl (C=O) groups is 1. The molecule has 0 radical (unpaired) electrons. The smallest absolute Gasteiger partial charge is 0.337 e. The molecule has 3 N–H and O–H groups in total. The summed E-state index contributed by atoms with van der Waals surface area (Å²) in [5.74, 6) is -0.517. The Labute approximate surface area is 114 Å². The van der Waals surface area contributed by atoms with Crippen molar-refractivity contribution >= 4 is 27.6 Å². The van der Waals surface area contributed by atoms with Gasteiger partial charge in [0.05, 0.1) is 11.7 Å². The summed E-state index contributed by atoms with van der Waals surface area (Å²) in [6.45, 7) is 0.702. The van der Waals surface area contributed by atoms with Crippen LogP contribution in [0.4, 0.5) is 5.69 Å². The van der Waals surface area contributed by atoms with E-state index in [-0.39, 0.29) is 11.7 Å². The van der Waals surface area contributed by atoms with Gasteiger partial charge < -0.3 is 15.5 Å². The normalized spacial score (nSPS) is 23.0. The molecule has 0 aromatic heterocycles. The first-order valence-corrected chi connectivity index (χ1v) is 6.80. The van der Waals surface area contributed by atoms with Gasteiger partial charge in [-0.1, -0.05) is 15.9 Å². The SMILES string of the molecule is O=C(O)c1ccc(Br)cc1NCC1CCC(O)C1. The first-order chi connectivity index (χ1) is 8.56. The topological polar surface area (TPSA) is 69.6 Å². The van der Waals surface area contributed by atoms with Gasteiger partial charge in [0.25, 0.3) is 0 Å². The third-order valence-electron chi connectivity index (χ3n) is 3.31. The largest absolute Gasteiger partial charge is 0.478 e. The van der Waals surface area contributed by atoms with Crippen molar-refractivity contribution < 1.29 is 15.0 Å². The fourth-order valence-corrected chi connectivity index (χ4v) is 2.70. The van der Waals surface area contributed by atoms with Crippen LogP contribution in [0.2, 0.25) is 0 Å². The van der Waals surface area contributed by atoms with Crippen LogP contribution in [0.3, 0.4) is 0 Å². The maximum absolute atomic E-state index is 11.1. The second-order valence-corrected chi connectivity index (χ2v) is 5.62. The molecule has 4 nitrogen and oxygen atoms in total. The van der Waals surface area contributed by atoms with Gasteiger partial charge in [-0.15, -0.1) is 0 Å². The van der Waals surface area contributed by atoms with Crippen LogP contribution in [0.25, 0.3) is 0 Å². The van der Waals surface area contributed by atoms with E-state index in [0.29, 0.717) is 18.2 Å². The third-order valence-corrected chi connectivity index (χ3v) is 3.80. The minimum absolute atomic E-state index is 0.196. The van der Waals surface area contributed by atoms with Gasteiger partial charge in [0.2, 0.25) is 0 Å². The minimum atomic E-state index is -0.934. The second-order valence-electron chi connectivity index (χ2n) is 4.71. The number of benzene rings is 1. The number of carboxylic acids is 1. The van der Waals surface area contributed by atoms with E-state index < -0.39 is 5.97 Å². The maximum Gasteiger partial charge on any atom is 0.337 e. The van der Waals surface area contributed by atoms with E-state index in [1.165, 1.54) is 0 Å². The molecule has 1 aliphatic rings. The Bertz CT molecular complexity index is 450. The van der Waals surface area contributed by atoms with Gasteiger partial charge in [-0.25, -0.2) is 4.79 Å². The van der Waals surface area contributed by atoms with Gasteiger partial charge >= 0.3 is 5.97 Å². The monoisotopic (exact) mass is 313 g/mol. The molecule has 1 fully saturated rings. The first kappa shape index (κ1) is 13.4. The summed E-state index contributed by atoms with van der Waals surface area (Å²) in [5.41, 5.74) is 0.898. The van der Waals surface area contributed by atoms with E-state index in [0.717, 1.165) is 23.7 Å². The van der Waals surface area contributed by atoms with Crippen LogP contribution >= 0.6 is 15.9 Å². The number of aliphatic hydroxyl groups excluding tert-OH is 1. The third kappa shape index (κ3) is 3.23. The predicted octanol–water partition coefficient (Wildman–Crippen LogP) is 2.72. The fourth-order valence-electron chi connectivity index (χ4n) is 2.34. The highest BCUT2D eigenvalue weighted by Crippen LogP contribution is 2.27. The number of hydrogen-bond acceptors (Lipinski definition) is 3. The van der Waals surface area contributed by atoms with Crippen molar-refractivity contribution in [2.24, 2.45) is 5.92 Å². The van der Waals surface area contributed by atoms with Crippen molar-refractivity contribution in [2.75, 3.05) is 11.9 Å². The molecule has 0 spiro atoms. The molecule has 98 valence electrons. The van der Waals surface area contributed by atoms with Crippen LogP contribution < -0.4 is 5.32 Å². The molecule has 1 saturated carbocycles. The van der Waals surface area contributed by atoms with Crippen LogP contribution in [0, 0.1) is 5.92 Å². The summed E-state index contributed by atoms with van der Waals surface area (Å²) in [6, 6.07) is 5.07. The quantitative estimate of drug-likeness (QED) is 0.799. The first-order valence-electron chi connectivity index (χ1n) is 6.01. The van der Waals surface area contributed by atoms with Gasteiger partial charge in [0, 0.05) is 16.7 Å². The molecule has 0 heterocycles. The highest BCUT2D eigenvalue weighted by molar-refractivity contribution is 9.10. The lowest BCUT2D eigenvalue weighted by molar-refractivity contribution is 0.0698. The number of anilines is 1. The number of nitrogens with one attached hydrogen (secondary N) is 1. The fraction of sp³-hybridized carbons (Fsp3) is 0.462. The molecule has 0 amide bonds. The Morgan fingerprint density at radius 2 is 2.22 bits per heavy atom. The number of halogens is 1. The van der Waals surface area contributed by atoms with Crippen molar-refractivity contribution in [1.29, 1.82) is 0 Å². The van der Waals surface area contributed by atoms with Crippen LogP contribution in [0.5, 0.6) is 0 Å². The van der Waals surface area contributed by atoms with Crippen molar-refractivity contribution in [2.45, 2.75) is 25.4 Å². The molecule has 1 aromatic carbocycles. The molecule has 2 unspecified atom stereocenters. The van der Waals surface area contributed by atoms with E-state index in [1.54, 1.807) is 18.2 Å². The summed E-state index contributed by atoms with van der Waals surface area (Å²) in [7, 11) is 0. The average molecular weight is 314 g/mol. The summed E-state index contributed by atoms with van der Waals surface area (Å²) in [4.78, 5) is 11.1. The van der Waals surface area contributed by atoms with Crippen molar-refractivity contribution in [3.8, 4) is 0 Å². The van der Waals surface area contributed by atoms with E-state index in [2.05, 4.69) is 21.2 Å².